The highest BCUT2D eigenvalue weighted by atomic mass is 16.5. The Morgan fingerprint density at radius 3 is 3.00 bits per heavy atom. The summed E-state index contributed by atoms with van der Waals surface area (Å²) in [5, 5.41) is 3.54. The van der Waals surface area contributed by atoms with Gasteiger partial charge in [0.1, 0.15) is 5.75 Å². The van der Waals surface area contributed by atoms with Crippen LogP contribution in [0.4, 0.5) is 5.69 Å². The molecule has 1 fully saturated rings. The first-order valence-corrected chi connectivity index (χ1v) is 6.37. The highest BCUT2D eigenvalue weighted by Gasteiger charge is 2.19. The Morgan fingerprint density at radius 2 is 2.29 bits per heavy atom. The maximum Gasteiger partial charge on any atom is 0.120 e. The summed E-state index contributed by atoms with van der Waals surface area (Å²) in [6, 6.07) is 6.91. The lowest BCUT2D eigenvalue weighted by Gasteiger charge is -2.35. The van der Waals surface area contributed by atoms with Crippen molar-refractivity contribution in [3.05, 3.63) is 23.8 Å². The number of anilines is 1. The van der Waals surface area contributed by atoms with Gasteiger partial charge in [-0.25, -0.2) is 0 Å². The molecular formula is C14H22N2O. The van der Waals surface area contributed by atoms with Crippen LogP contribution in [0.1, 0.15) is 18.9 Å². The standard InChI is InChI=1S/C14H22N2O/c1-4-12-10-16(8-7-15-12)14-9-13(17-3)6-5-11(14)2/h5-6,9,12,15H,4,7-8,10H2,1-3H3. The fourth-order valence-electron chi connectivity index (χ4n) is 2.37. The van der Waals surface area contributed by atoms with Gasteiger partial charge in [-0.2, -0.15) is 0 Å². The number of ether oxygens (including phenoxy) is 1. The molecule has 0 bridgehead atoms. The monoisotopic (exact) mass is 234 g/mol. The molecule has 0 radical (unpaired) electrons. The zero-order chi connectivity index (χ0) is 12.3. The number of nitrogens with zero attached hydrogens (tertiary/aromatic N) is 1. The van der Waals surface area contributed by atoms with E-state index in [2.05, 4.69) is 36.2 Å². The van der Waals surface area contributed by atoms with E-state index in [1.807, 2.05) is 6.07 Å². The largest absolute Gasteiger partial charge is 0.497 e. The van der Waals surface area contributed by atoms with E-state index in [0.717, 1.165) is 25.4 Å². The molecule has 0 aliphatic carbocycles. The van der Waals surface area contributed by atoms with Crippen molar-refractivity contribution in [2.45, 2.75) is 26.3 Å². The molecule has 1 heterocycles. The van der Waals surface area contributed by atoms with Crippen LogP contribution in [0, 0.1) is 6.92 Å². The second kappa shape index (κ2) is 5.41. The molecule has 3 nitrogen and oxygen atoms in total. The van der Waals surface area contributed by atoms with Crippen LogP contribution in [-0.2, 0) is 0 Å². The molecule has 3 heteroatoms. The van der Waals surface area contributed by atoms with Crippen LogP contribution in [-0.4, -0.2) is 32.8 Å². The van der Waals surface area contributed by atoms with Crippen LogP contribution in [0.5, 0.6) is 5.75 Å². The molecule has 1 saturated heterocycles. The van der Waals surface area contributed by atoms with Crippen LogP contribution in [0.2, 0.25) is 0 Å². The van der Waals surface area contributed by atoms with Crippen molar-refractivity contribution in [1.82, 2.24) is 5.32 Å². The van der Waals surface area contributed by atoms with Crippen LogP contribution in [0.25, 0.3) is 0 Å². The van der Waals surface area contributed by atoms with E-state index in [9.17, 15) is 0 Å². The highest BCUT2D eigenvalue weighted by molar-refractivity contribution is 5.57. The topological polar surface area (TPSA) is 24.5 Å². The summed E-state index contributed by atoms with van der Waals surface area (Å²) in [6.45, 7) is 7.63. The lowest BCUT2D eigenvalue weighted by atomic mass is 10.1. The Hall–Kier alpha value is -1.22. The predicted molar refractivity (Wildman–Crippen MR) is 72.0 cm³/mol. The van der Waals surface area contributed by atoms with Crippen LogP contribution >= 0.6 is 0 Å². The molecule has 1 aromatic rings. The van der Waals surface area contributed by atoms with E-state index < -0.39 is 0 Å². The minimum absolute atomic E-state index is 0.606. The smallest absolute Gasteiger partial charge is 0.120 e. The third-order valence-electron chi connectivity index (χ3n) is 3.51. The lowest BCUT2D eigenvalue weighted by Crippen LogP contribution is -2.50. The first kappa shape index (κ1) is 12.2. The minimum Gasteiger partial charge on any atom is -0.497 e. The zero-order valence-corrected chi connectivity index (χ0v) is 11.0. The summed E-state index contributed by atoms with van der Waals surface area (Å²) in [4.78, 5) is 2.46. The molecule has 1 aromatic carbocycles. The van der Waals surface area contributed by atoms with Crippen molar-refractivity contribution in [3.63, 3.8) is 0 Å². The summed E-state index contributed by atoms with van der Waals surface area (Å²) in [6.07, 6.45) is 1.18. The van der Waals surface area contributed by atoms with Crippen LogP contribution in [0.15, 0.2) is 18.2 Å². The second-order valence-corrected chi connectivity index (χ2v) is 4.66. The summed E-state index contributed by atoms with van der Waals surface area (Å²) < 4.78 is 5.31. The first-order valence-electron chi connectivity index (χ1n) is 6.37. The van der Waals surface area contributed by atoms with Gasteiger partial charge < -0.3 is 15.0 Å². The normalized spacial score (nSPS) is 20.4. The quantitative estimate of drug-likeness (QED) is 0.867. The number of piperazine rings is 1. The van der Waals surface area contributed by atoms with Crippen molar-refractivity contribution in [2.24, 2.45) is 0 Å². The van der Waals surface area contributed by atoms with Crippen molar-refractivity contribution in [2.75, 3.05) is 31.6 Å². The highest BCUT2D eigenvalue weighted by Crippen LogP contribution is 2.26. The Morgan fingerprint density at radius 1 is 1.47 bits per heavy atom. The first-order chi connectivity index (χ1) is 8.24. The van der Waals surface area contributed by atoms with Crippen molar-refractivity contribution < 1.29 is 4.74 Å². The maximum absolute atomic E-state index is 5.31. The Labute approximate surface area is 104 Å². The summed E-state index contributed by atoms with van der Waals surface area (Å²) in [7, 11) is 1.72. The van der Waals surface area contributed by atoms with Gasteiger partial charge in [-0.1, -0.05) is 13.0 Å². The van der Waals surface area contributed by atoms with Gasteiger partial charge in [0, 0.05) is 37.4 Å². The Balaban J connectivity index is 2.20. The molecule has 1 atom stereocenters. The van der Waals surface area contributed by atoms with Gasteiger partial charge in [-0.05, 0) is 25.0 Å². The minimum atomic E-state index is 0.606. The van der Waals surface area contributed by atoms with Crippen LogP contribution in [0.3, 0.4) is 0 Å². The predicted octanol–water partition coefficient (Wildman–Crippen LogP) is 2.19. The van der Waals surface area contributed by atoms with E-state index in [1.54, 1.807) is 7.11 Å². The number of methoxy groups -OCH3 is 1. The van der Waals surface area contributed by atoms with E-state index in [0.29, 0.717) is 6.04 Å². The molecule has 0 aromatic heterocycles. The number of nitrogens with one attached hydrogen (secondary N) is 1. The van der Waals surface area contributed by atoms with Crippen molar-refractivity contribution >= 4 is 5.69 Å². The maximum atomic E-state index is 5.31. The van der Waals surface area contributed by atoms with Gasteiger partial charge in [0.2, 0.25) is 0 Å². The van der Waals surface area contributed by atoms with Gasteiger partial charge in [-0.15, -0.1) is 0 Å². The van der Waals surface area contributed by atoms with Gasteiger partial charge in [-0.3, -0.25) is 0 Å². The van der Waals surface area contributed by atoms with E-state index in [-0.39, 0.29) is 0 Å². The number of hydrogen-bond donors (Lipinski definition) is 1. The van der Waals surface area contributed by atoms with Crippen molar-refractivity contribution in [1.29, 1.82) is 0 Å². The molecule has 0 spiro atoms. The number of aryl methyl sites for hydroxylation is 1. The number of benzene rings is 1. The Bertz CT molecular complexity index is 378. The van der Waals surface area contributed by atoms with Gasteiger partial charge in [0.25, 0.3) is 0 Å². The molecule has 1 aliphatic heterocycles. The average molecular weight is 234 g/mol. The van der Waals surface area contributed by atoms with E-state index >= 15 is 0 Å². The molecule has 0 saturated carbocycles. The molecule has 0 amide bonds. The summed E-state index contributed by atoms with van der Waals surface area (Å²) in [5.74, 6) is 0.942. The fraction of sp³-hybridized carbons (Fsp3) is 0.571. The van der Waals surface area contributed by atoms with Crippen molar-refractivity contribution in [3.8, 4) is 5.75 Å². The number of hydrogen-bond acceptors (Lipinski definition) is 3. The van der Waals surface area contributed by atoms with E-state index in [4.69, 9.17) is 4.74 Å². The second-order valence-electron chi connectivity index (χ2n) is 4.66. The molecule has 1 aliphatic rings. The lowest BCUT2D eigenvalue weighted by molar-refractivity contribution is 0.413. The molecule has 2 rings (SSSR count). The molecule has 94 valence electrons. The summed E-state index contributed by atoms with van der Waals surface area (Å²) in [5.41, 5.74) is 2.63. The molecule has 17 heavy (non-hydrogen) atoms. The third-order valence-corrected chi connectivity index (χ3v) is 3.51. The SMILES string of the molecule is CCC1CN(c2cc(OC)ccc2C)CCN1. The fourth-order valence-corrected chi connectivity index (χ4v) is 2.37. The van der Waals surface area contributed by atoms with Gasteiger partial charge >= 0.3 is 0 Å². The van der Waals surface area contributed by atoms with Gasteiger partial charge in [0.05, 0.1) is 7.11 Å². The van der Waals surface area contributed by atoms with Crippen LogP contribution < -0.4 is 15.0 Å². The molecule has 1 N–H and O–H groups in total. The third kappa shape index (κ3) is 2.72. The zero-order valence-electron chi connectivity index (χ0n) is 11.0. The summed E-state index contributed by atoms with van der Waals surface area (Å²) >= 11 is 0. The number of rotatable bonds is 3. The van der Waals surface area contributed by atoms with E-state index in [1.165, 1.54) is 17.7 Å². The molecule has 1 unspecified atom stereocenters. The van der Waals surface area contributed by atoms with Gasteiger partial charge in [0.15, 0.2) is 0 Å². The Kier molecular flexibility index (Phi) is 3.89. The molecular weight excluding hydrogens is 212 g/mol. The average Bonchev–Trinajstić information content (AvgIpc) is 2.39.